The number of halogens is 1. The number of hydrogen-bond acceptors (Lipinski definition) is 0. The molecule has 21 heavy (non-hydrogen) atoms. The normalized spacial score (nSPS) is 13.0. The maximum absolute atomic E-state index is 3.51. The quantitative estimate of drug-likeness (QED) is 0.555. The fraction of sp³-hybridized carbons (Fsp3) is 0.100. The van der Waals surface area contributed by atoms with Crippen molar-refractivity contribution in [3.05, 3.63) is 94.0 Å². The molecule has 0 fully saturated rings. The molecular weight excluding hydrogens is 320 g/mol. The van der Waals surface area contributed by atoms with Gasteiger partial charge in [0.2, 0.25) is 0 Å². The maximum Gasteiger partial charge on any atom is 0.0175 e. The van der Waals surface area contributed by atoms with Crippen molar-refractivity contribution in [2.45, 2.75) is 12.3 Å². The van der Waals surface area contributed by atoms with Gasteiger partial charge < -0.3 is 0 Å². The zero-order chi connectivity index (χ0) is 14.2. The van der Waals surface area contributed by atoms with E-state index in [9.17, 15) is 0 Å². The summed E-state index contributed by atoms with van der Waals surface area (Å²) in [4.78, 5) is 0. The van der Waals surface area contributed by atoms with Gasteiger partial charge in [-0.05, 0) is 46.4 Å². The van der Waals surface area contributed by atoms with Crippen LogP contribution in [0.25, 0.3) is 11.1 Å². The van der Waals surface area contributed by atoms with Crippen LogP contribution in [0.1, 0.15) is 22.6 Å². The summed E-state index contributed by atoms with van der Waals surface area (Å²) in [5, 5.41) is 0. The Morgan fingerprint density at radius 1 is 0.667 bits per heavy atom. The van der Waals surface area contributed by atoms with Gasteiger partial charge >= 0.3 is 0 Å². The third-order valence-corrected chi connectivity index (χ3v) is 4.84. The molecule has 0 aromatic heterocycles. The molecule has 0 saturated heterocycles. The first-order valence-electron chi connectivity index (χ1n) is 7.25. The predicted molar refractivity (Wildman–Crippen MR) is 91.6 cm³/mol. The Balaban J connectivity index is 1.79. The summed E-state index contributed by atoms with van der Waals surface area (Å²) in [5.74, 6) is 0.471. The molecule has 1 heteroatoms. The molecule has 0 aliphatic heterocycles. The molecule has 1 aliphatic rings. The van der Waals surface area contributed by atoms with Crippen molar-refractivity contribution in [2.24, 2.45) is 0 Å². The second kappa shape index (κ2) is 5.16. The zero-order valence-electron chi connectivity index (χ0n) is 11.6. The van der Waals surface area contributed by atoms with Crippen LogP contribution in [0.3, 0.4) is 0 Å². The SMILES string of the molecule is Brc1ccc(CC2c3ccccc3-c3ccccc32)cc1. The van der Waals surface area contributed by atoms with Crippen molar-refractivity contribution in [3.63, 3.8) is 0 Å². The van der Waals surface area contributed by atoms with E-state index in [2.05, 4.69) is 88.7 Å². The van der Waals surface area contributed by atoms with Gasteiger partial charge in [-0.25, -0.2) is 0 Å². The summed E-state index contributed by atoms with van der Waals surface area (Å²) in [5.41, 5.74) is 7.10. The first kappa shape index (κ1) is 12.8. The zero-order valence-corrected chi connectivity index (χ0v) is 13.2. The van der Waals surface area contributed by atoms with E-state index in [4.69, 9.17) is 0 Å². The minimum absolute atomic E-state index is 0.471. The summed E-state index contributed by atoms with van der Waals surface area (Å²) in [7, 11) is 0. The van der Waals surface area contributed by atoms with Crippen LogP contribution in [0.5, 0.6) is 0 Å². The van der Waals surface area contributed by atoms with Crippen LogP contribution in [0, 0.1) is 0 Å². The molecule has 0 N–H and O–H groups in total. The molecule has 0 saturated carbocycles. The van der Waals surface area contributed by atoms with Crippen molar-refractivity contribution >= 4 is 15.9 Å². The molecule has 102 valence electrons. The van der Waals surface area contributed by atoms with Crippen LogP contribution < -0.4 is 0 Å². The van der Waals surface area contributed by atoms with Crippen LogP contribution in [0.4, 0.5) is 0 Å². The highest BCUT2D eigenvalue weighted by atomic mass is 79.9. The van der Waals surface area contributed by atoms with E-state index < -0.39 is 0 Å². The Morgan fingerprint density at radius 3 is 1.76 bits per heavy atom. The Bertz CT molecular complexity index is 741. The molecule has 3 aromatic carbocycles. The second-order valence-corrected chi connectivity index (χ2v) is 6.47. The average molecular weight is 335 g/mol. The highest BCUT2D eigenvalue weighted by molar-refractivity contribution is 9.10. The summed E-state index contributed by atoms with van der Waals surface area (Å²) in [6.07, 6.45) is 1.06. The van der Waals surface area contributed by atoms with E-state index >= 15 is 0 Å². The molecule has 0 radical (unpaired) electrons. The van der Waals surface area contributed by atoms with Gasteiger partial charge in [-0.15, -0.1) is 0 Å². The molecule has 3 aromatic rings. The van der Waals surface area contributed by atoms with Gasteiger partial charge in [-0.2, -0.15) is 0 Å². The van der Waals surface area contributed by atoms with Crippen molar-refractivity contribution in [3.8, 4) is 11.1 Å². The van der Waals surface area contributed by atoms with Crippen LogP contribution >= 0.6 is 15.9 Å². The average Bonchev–Trinajstić information content (AvgIpc) is 2.85. The Hall–Kier alpha value is -1.86. The molecule has 4 rings (SSSR count). The Morgan fingerprint density at radius 2 is 1.19 bits per heavy atom. The molecule has 0 atom stereocenters. The van der Waals surface area contributed by atoms with Gasteiger partial charge in [0.05, 0.1) is 0 Å². The summed E-state index contributed by atoms with van der Waals surface area (Å²) >= 11 is 3.51. The first-order chi connectivity index (χ1) is 10.3. The molecule has 0 amide bonds. The topological polar surface area (TPSA) is 0 Å². The molecule has 1 aliphatic carbocycles. The largest absolute Gasteiger partial charge is 0.0619 e. The lowest BCUT2D eigenvalue weighted by Crippen LogP contribution is -2.01. The number of rotatable bonds is 2. The highest BCUT2D eigenvalue weighted by Crippen LogP contribution is 2.45. The van der Waals surface area contributed by atoms with E-state index in [1.165, 1.54) is 27.8 Å². The van der Waals surface area contributed by atoms with E-state index in [0.29, 0.717) is 5.92 Å². The second-order valence-electron chi connectivity index (χ2n) is 5.56. The lowest BCUT2D eigenvalue weighted by atomic mass is 9.90. The van der Waals surface area contributed by atoms with Gasteiger partial charge in [-0.1, -0.05) is 76.6 Å². The van der Waals surface area contributed by atoms with E-state index in [1.54, 1.807) is 0 Å². The number of benzene rings is 3. The smallest absolute Gasteiger partial charge is 0.0175 e. The Kier molecular flexibility index (Phi) is 3.16. The summed E-state index contributed by atoms with van der Waals surface area (Å²) < 4.78 is 1.14. The first-order valence-corrected chi connectivity index (χ1v) is 8.05. The van der Waals surface area contributed by atoms with E-state index in [-0.39, 0.29) is 0 Å². The molecule has 0 spiro atoms. The lowest BCUT2D eigenvalue weighted by molar-refractivity contribution is 0.827. The summed E-state index contributed by atoms with van der Waals surface area (Å²) in [6.45, 7) is 0. The number of hydrogen-bond donors (Lipinski definition) is 0. The fourth-order valence-corrected chi connectivity index (χ4v) is 3.60. The van der Waals surface area contributed by atoms with Gasteiger partial charge in [0.1, 0.15) is 0 Å². The monoisotopic (exact) mass is 334 g/mol. The van der Waals surface area contributed by atoms with Crippen molar-refractivity contribution in [1.29, 1.82) is 0 Å². The van der Waals surface area contributed by atoms with E-state index in [1.807, 2.05) is 0 Å². The van der Waals surface area contributed by atoms with Crippen LogP contribution in [0.15, 0.2) is 77.3 Å². The molecular formula is C20H15Br. The van der Waals surface area contributed by atoms with Gasteiger partial charge in [-0.3, -0.25) is 0 Å². The minimum Gasteiger partial charge on any atom is -0.0619 e. The van der Waals surface area contributed by atoms with Crippen molar-refractivity contribution < 1.29 is 0 Å². The van der Waals surface area contributed by atoms with Crippen molar-refractivity contribution in [2.75, 3.05) is 0 Å². The standard InChI is InChI=1S/C20H15Br/c21-15-11-9-14(10-12-15)13-20-18-7-3-1-5-16(18)17-6-2-4-8-19(17)20/h1-12,20H,13H2. The fourth-order valence-electron chi connectivity index (χ4n) is 3.34. The number of fused-ring (bicyclic) bond motifs is 3. The van der Waals surface area contributed by atoms with Crippen LogP contribution in [0.2, 0.25) is 0 Å². The third-order valence-electron chi connectivity index (χ3n) is 4.32. The highest BCUT2D eigenvalue weighted by Gasteiger charge is 2.27. The summed E-state index contributed by atoms with van der Waals surface area (Å²) in [6, 6.07) is 26.3. The lowest BCUT2D eigenvalue weighted by Gasteiger charge is -2.13. The Labute approximate surface area is 133 Å². The minimum atomic E-state index is 0.471. The molecule has 0 bridgehead atoms. The van der Waals surface area contributed by atoms with E-state index in [0.717, 1.165) is 10.9 Å². The van der Waals surface area contributed by atoms with Crippen LogP contribution in [-0.2, 0) is 6.42 Å². The molecule has 0 heterocycles. The maximum atomic E-state index is 3.51. The molecule has 0 nitrogen and oxygen atoms in total. The van der Waals surface area contributed by atoms with Crippen LogP contribution in [-0.4, -0.2) is 0 Å². The molecule has 0 unspecified atom stereocenters. The van der Waals surface area contributed by atoms with Gasteiger partial charge in [0.15, 0.2) is 0 Å². The van der Waals surface area contributed by atoms with Gasteiger partial charge in [0.25, 0.3) is 0 Å². The van der Waals surface area contributed by atoms with Crippen molar-refractivity contribution in [1.82, 2.24) is 0 Å². The third kappa shape index (κ3) is 2.22. The van der Waals surface area contributed by atoms with Gasteiger partial charge in [0, 0.05) is 10.4 Å². The predicted octanol–water partition coefficient (Wildman–Crippen LogP) is 5.80.